The van der Waals surface area contributed by atoms with Crippen molar-refractivity contribution in [3.05, 3.63) is 41.6 Å². The summed E-state index contributed by atoms with van der Waals surface area (Å²) in [6.07, 6.45) is 6.96. The van der Waals surface area contributed by atoms with Gasteiger partial charge >= 0.3 is 0 Å². The minimum atomic E-state index is -0.0838. The number of hydrogen-bond acceptors (Lipinski definition) is 3. The molecule has 2 aromatic rings. The number of nitrogens with one attached hydrogen (secondary N) is 1. The number of likely N-dealkylation sites (N-methyl/N-ethyl adjacent to an activating group) is 1. The van der Waals surface area contributed by atoms with Crippen LogP contribution in [0.5, 0.6) is 0 Å². The van der Waals surface area contributed by atoms with E-state index in [9.17, 15) is 4.79 Å². The molecule has 0 fully saturated rings. The third kappa shape index (κ3) is 1.52. The molecule has 1 aromatic carbocycles. The molecule has 0 unspecified atom stereocenters. The fourth-order valence-corrected chi connectivity index (χ4v) is 3.58. The maximum atomic E-state index is 10.5. The smallest absolute Gasteiger partial charge is 0.235 e. The summed E-state index contributed by atoms with van der Waals surface area (Å²) >= 11 is 0. The summed E-state index contributed by atoms with van der Waals surface area (Å²) in [6.45, 7) is 0.777. The van der Waals surface area contributed by atoms with Gasteiger partial charge in [0.2, 0.25) is 6.08 Å². The highest BCUT2D eigenvalue weighted by Crippen LogP contribution is 2.40. The summed E-state index contributed by atoms with van der Waals surface area (Å²) in [6, 6.07) is 6.64. The van der Waals surface area contributed by atoms with E-state index in [1.807, 2.05) is 0 Å². The van der Waals surface area contributed by atoms with Crippen molar-refractivity contribution in [3.63, 3.8) is 0 Å². The van der Waals surface area contributed by atoms with Gasteiger partial charge in [0.15, 0.2) is 0 Å². The topological polar surface area (TPSA) is 48.5 Å². The van der Waals surface area contributed by atoms with Crippen LogP contribution in [-0.4, -0.2) is 41.6 Å². The zero-order valence-corrected chi connectivity index (χ0v) is 11.3. The summed E-state index contributed by atoms with van der Waals surface area (Å²) in [5, 5.41) is 1.32. The molecule has 1 aliphatic heterocycles. The molecule has 0 bridgehead atoms. The zero-order valence-electron chi connectivity index (χ0n) is 11.3. The number of fused-ring (bicyclic) bond motifs is 2. The van der Waals surface area contributed by atoms with Crippen molar-refractivity contribution in [2.45, 2.75) is 18.5 Å². The number of isocyanates is 1. The van der Waals surface area contributed by atoms with Crippen LogP contribution in [0.2, 0.25) is 0 Å². The molecule has 20 heavy (non-hydrogen) atoms. The average molecular weight is 265 g/mol. The minimum Gasteiger partial charge on any atom is -0.361 e. The Morgan fingerprint density at radius 1 is 1.45 bits per heavy atom. The van der Waals surface area contributed by atoms with Crippen molar-refractivity contribution in [3.8, 4) is 0 Å². The highest BCUT2D eigenvalue weighted by atomic mass is 16.1. The molecular formula is C16H15N3O. The van der Waals surface area contributed by atoms with E-state index in [0.29, 0.717) is 6.04 Å². The van der Waals surface area contributed by atoms with E-state index < -0.39 is 0 Å². The highest BCUT2D eigenvalue weighted by molar-refractivity contribution is 5.98. The Labute approximate surface area is 116 Å². The number of aromatic amines is 1. The number of nitrogens with zero attached hydrogens (tertiary/aromatic N) is 2. The number of hydrogen-bond donors (Lipinski definition) is 1. The Hall–Kier alpha value is -2.16. The van der Waals surface area contributed by atoms with Crippen molar-refractivity contribution in [1.29, 1.82) is 0 Å². The Bertz CT molecular complexity index is 767. The standard InChI is InChI=1S/C16H15N3O/c1-19-8-11(18-9-20)6-13-12-3-2-4-14-16(12)10(7-17-14)5-15(13)19/h2-4,6-7,11,15,17H,5,8H2,1H3/t11-,15+/m0/s1. The third-order valence-corrected chi connectivity index (χ3v) is 4.47. The van der Waals surface area contributed by atoms with E-state index in [-0.39, 0.29) is 6.04 Å². The van der Waals surface area contributed by atoms with Gasteiger partial charge in [0.05, 0.1) is 6.04 Å². The van der Waals surface area contributed by atoms with E-state index in [4.69, 9.17) is 0 Å². The molecule has 2 heterocycles. The Morgan fingerprint density at radius 2 is 2.35 bits per heavy atom. The maximum Gasteiger partial charge on any atom is 0.235 e. The van der Waals surface area contributed by atoms with Crippen LogP contribution >= 0.6 is 0 Å². The number of carbonyl (C=O) groups excluding carboxylic acids is 1. The fourth-order valence-electron chi connectivity index (χ4n) is 3.58. The second kappa shape index (κ2) is 4.17. The lowest BCUT2D eigenvalue weighted by Gasteiger charge is -2.38. The van der Waals surface area contributed by atoms with Crippen LogP contribution in [-0.2, 0) is 11.2 Å². The van der Waals surface area contributed by atoms with Gasteiger partial charge in [0.1, 0.15) is 0 Å². The number of aromatic nitrogens is 1. The number of H-pyrrole nitrogens is 1. The second-order valence-electron chi connectivity index (χ2n) is 5.61. The molecule has 1 aromatic heterocycles. The van der Waals surface area contributed by atoms with Gasteiger partial charge in [-0.2, -0.15) is 4.99 Å². The van der Waals surface area contributed by atoms with Crippen molar-refractivity contribution < 1.29 is 4.79 Å². The van der Waals surface area contributed by atoms with Crippen molar-refractivity contribution in [2.75, 3.05) is 13.6 Å². The highest BCUT2D eigenvalue weighted by Gasteiger charge is 2.33. The van der Waals surface area contributed by atoms with Crippen LogP contribution in [0.15, 0.2) is 35.5 Å². The summed E-state index contributed by atoms with van der Waals surface area (Å²) < 4.78 is 0. The van der Waals surface area contributed by atoms with Gasteiger partial charge in [-0.15, -0.1) is 0 Å². The molecule has 0 radical (unpaired) electrons. The van der Waals surface area contributed by atoms with Crippen LogP contribution in [0.25, 0.3) is 16.5 Å². The summed E-state index contributed by atoms with van der Waals surface area (Å²) in [4.78, 5) is 20.1. The maximum absolute atomic E-state index is 10.5. The van der Waals surface area contributed by atoms with Crippen LogP contribution in [0.3, 0.4) is 0 Å². The van der Waals surface area contributed by atoms with Crippen LogP contribution < -0.4 is 0 Å². The predicted octanol–water partition coefficient (Wildman–Crippen LogP) is 2.13. The molecule has 1 aliphatic carbocycles. The minimum absolute atomic E-state index is 0.0838. The molecule has 4 nitrogen and oxygen atoms in total. The SMILES string of the molecule is CN1C[C@@H](N=C=O)C=C2c3cccc4[nH]cc(c34)C[C@H]21. The molecule has 4 heteroatoms. The quantitative estimate of drug-likeness (QED) is 0.634. The van der Waals surface area contributed by atoms with E-state index in [1.165, 1.54) is 27.6 Å². The normalized spacial score (nSPS) is 24.9. The van der Waals surface area contributed by atoms with Gasteiger partial charge in [0.25, 0.3) is 0 Å². The lowest BCUT2D eigenvalue weighted by Crippen LogP contribution is -2.43. The van der Waals surface area contributed by atoms with Gasteiger partial charge in [-0.25, -0.2) is 4.79 Å². The first kappa shape index (κ1) is 11.6. The van der Waals surface area contributed by atoms with Crippen molar-refractivity contribution >= 4 is 22.6 Å². The monoisotopic (exact) mass is 265 g/mol. The molecule has 0 amide bonds. The molecule has 4 rings (SSSR count). The first-order valence-electron chi connectivity index (χ1n) is 6.86. The lowest BCUT2D eigenvalue weighted by atomic mass is 9.81. The van der Waals surface area contributed by atoms with E-state index in [2.05, 4.69) is 52.4 Å². The van der Waals surface area contributed by atoms with Crippen LogP contribution in [0.1, 0.15) is 11.1 Å². The second-order valence-corrected chi connectivity index (χ2v) is 5.61. The zero-order chi connectivity index (χ0) is 13.7. The van der Waals surface area contributed by atoms with Crippen molar-refractivity contribution in [2.24, 2.45) is 4.99 Å². The third-order valence-electron chi connectivity index (χ3n) is 4.47. The lowest BCUT2D eigenvalue weighted by molar-refractivity contribution is 0.269. The summed E-state index contributed by atoms with van der Waals surface area (Å²) in [5.74, 6) is 0. The van der Waals surface area contributed by atoms with E-state index in [1.54, 1.807) is 6.08 Å². The van der Waals surface area contributed by atoms with Gasteiger partial charge in [-0.1, -0.05) is 18.2 Å². The average Bonchev–Trinajstić information content (AvgIpc) is 2.86. The molecular weight excluding hydrogens is 250 g/mol. The van der Waals surface area contributed by atoms with Gasteiger partial charge in [0, 0.05) is 29.7 Å². The van der Waals surface area contributed by atoms with E-state index >= 15 is 0 Å². The molecule has 0 spiro atoms. The van der Waals surface area contributed by atoms with Gasteiger partial charge in [-0.3, -0.25) is 4.90 Å². The Kier molecular flexibility index (Phi) is 2.43. The Balaban J connectivity index is 1.96. The first-order valence-corrected chi connectivity index (χ1v) is 6.86. The Morgan fingerprint density at radius 3 is 3.20 bits per heavy atom. The predicted molar refractivity (Wildman–Crippen MR) is 78.3 cm³/mol. The van der Waals surface area contributed by atoms with Gasteiger partial charge in [-0.05, 0) is 36.2 Å². The van der Waals surface area contributed by atoms with Gasteiger partial charge < -0.3 is 4.98 Å². The number of aliphatic imine (C=N–C) groups is 1. The molecule has 2 atom stereocenters. The molecule has 2 aliphatic rings. The van der Waals surface area contributed by atoms with Crippen molar-refractivity contribution in [1.82, 2.24) is 9.88 Å². The first-order chi connectivity index (χ1) is 9.78. The van der Waals surface area contributed by atoms with E-state index in [0.717, 1.165) is 13.0 Å². The fraction of sp³-hybridized carbons (Fsp3) is 0.312. The number of benzene rings is 1. The summed E-state index contributed by atoms with van der Waals surface area (Å²) in [7, 11) is 2.10. The molecule has 0 saturated carbocycles. The van der Waals surface area contributed by atoms with Crippen LogP contribution in [0, 0.1) is 0 Å². The molecule has 0 saturated heterocycles. The number of rotatable bonds is 1. The molecule has 100 valence electrons. The largest absolute Gasteiger partial charge is 0.361 e. The van der Waals surface area contributed by atoms with Crippen LogP contribution in [0.4, 0.5) is 0 Å². The molecule has 1 N–H and O–H groups in total. The summed E-state index contributed by atoms with van der Waals surface area (Å²) in [5.41, 5.74) is 5.12.